The van der Waals surface area contributed by atoms with Gasteiger partial charge in [-0.1, -0.05) is 55.7 Å². The van der Waals surface area contributed by atoms with E-state index < -0.39 is 0 Å². The minimum absolute atomic E-state index is 0.688. The van der Waals surface area contributed by atoms with Crippen LogP contribution in [0.5, 0.6) is 0 Å². The molecular weight excluding hydrogens is 408 g/mol. The lowest BCUT2D eigenvalue weighted by molar-refractivity contribution is 0.778. The Morgan fingerprint density at radius 3 is 1.76 bits per heavy atom. The van der Waals surface area contributed by atoms with Crippen LogP contribution in [0.3, 0.4) is 0 Å². The Balaban J connectivity index is 1.61. The summed E-state index contributed by atoms with van der Waals surface area (Å²) >= 11 is 0. The molecule has 0 radical (unpaired) electrons. The number of aromatic nitrogens is 6. The average molecular weight is 435 g/mol. The fourth-order valence-corrected chi connectivity index (χ4v) is 3.46. The zero-order valence-electron chi connectivity index (χ0n) is 18.9. The Morgan fingerprint density at radius 2 is 1.30 bits per heavy atom. The predicted octanol–water partition coefficient (Wildman–Crippen LogP) is 6.21. The molecule has 0 amide bonds. The van der Waals surface area contributed by atoms with Gasteiger partial charge in [0.1, 0.15) is 22.1 Å². The van der Waals surface area contributed by atoms with E-state index >= 15 is 0 Å². The molecule has 4 rings (SSSR count). The number of fused-ring (bicyclic) bond motifs is 2. The van der Waals surface area contributed by atoms with Crippen LogP contribution in [0.1, 0.15) is 20.3 Å². The summed E-state index contributed by atoms with van der Waals surface area (Å²) in [6.45, 7) is 11.9. The topological polar surface area (TPSA) is 61.4 Å². The summed E-state index contributed by atoms with van der Waals surface area (Å²) < 4.78 is 0. The maximum atomic E-state index is 4.59. The monoisotopic (exact) mass is 434 g/mol. The van der Waals surface area contributed by atoms with E-state index in [-0.39, 0.29) is 0 Å². The van der Waals surface area contributed by atoms with Gasteiger partial charge in [-0.3, -0.25) is 0 Å². The van der Waals surface area contributed by atoms with Gasteiger partial charge in [0, 0.05) is 0 Å². The summed E-state index contributed by atoms with van der Waals surface area (Å²) in [5.41, 5.74) is 7.32. The second-order valence-electron chi connectivity index (χ2n) is 7.53. The van der Waals surface area contributed by atoms with E-state index in [4.69, 9.17) is 0 Å². The fraction of sp³-hybridized carbons (Fsp3) is 0.111. The Labute approximate surface area is 193 Å². The number of hydrogen-bond donors (Lipinski definition) is 0. The molecule has 0 atom stereocenters. The van der Waals surface area contributed by atoms with E-state index in [1.165, 1.54) is 0 Å². The van der Waals surface area contributed by atoms with Crippen molar-refractivity contribution in [3.8, 4) is 0 Å². The van der Waals surface area contributed by atoms with Crippen LogP contribution < -0.4 is 0 Å². The zero-order chi connectivity index (χ0) is 23.2. The molecule has 0 aliphatic carbocycles. The van der Waals surface area contributed by atoms with Gasteiger partial charge >= 0.3 is 0 Å². The largest absolute Gasteiger partial charge is 0.155 e. The van der Waals surface area contributed by atoms with Gasteiger partial charge in [-0.2, -0.15) is 9.59 Å². The third-order valence-corrected chi connectivity index (χ3v) is 5.18. The van der Waals surface area contributed by atoms with E-state index in [1.54, 1.807) is 15.7 Å². The first-order valence-corrected chi connectivity index (χ1v) is 10.8. The first kappa shape index (κ1) is 21.9. The van der Waals surface area contributed by atoms with E-state index in [9.17, 15) is 0 Å². The summed E-state index contributed by atoms with van der Waals surface area (Å²) in [5, 5.41) is 18.3. The first-order valence-electron chi connectivity index (χ1n) is 10.8. The number of hydrogen-bond acceptors (Lipinski definition) is 4. The molecule has 4 aromatic rings. The van der Waals surface area contributed by atoms with Crippen LogP contribution in [-0.4, -0.2) is 30.0 Å². The molecule has 2 aromatic carbocycles. The standard InChI is InChI=1S/C27H26N6/c1-5-12-23(33-30-26-15-10-11-16-27(26)31-33)19-22(7-3)18-21(6-2)17-20(4)32-28-24-13-8-9-14-25(24)29-32/h5-17,19H,1,3,18H2,2,4H3/b20-17+,21-6+,22-19+,23-12+. The molecule has 6 heteroatoms. The Bertz CT molecular complexity index is 1380. The van der Waals surface area contributed by atoms with Crippen molar-refractivity contribution in [1.29, 1.82) is 0 Å². The van der Waals surface area contributed by atoms with Crippen molar-refractivity contribution in [2.75, 3.05) is 0 Å². The SMILES string of the molecule is C=C/C=C(\C=C(/C=C)CC(=C/C)/C=C(\C)n1nc2ccccc2n1)n1nc2ccccc2n1. The van der Waals surface area contributed by atoms with Gasteiger partial charge in [0.05, 0.1) is 11.4 Å². The molecular formula is C27H26N6. The molecule has 2 heterocycles. The molecule has 0 bridgehead atoms. The number of allylic oxidation sites excluding steroid dienone is 10. The fourth-order valence-electron chi connectivity index (χ4n) is 3.46. The molecule has 164 valence electrons. The summed E-state index contributed by atoms with van der Waals surface area (Å²) in [6, 6.07) is 15.6. The minimum atomic E-state index is 0.688. The van der Waals surface area contributed by atoms with Crippen LogP contribution in [-0.2, 0) is 0 Å². The lowest BCUT2D eigenvalue weighted by Crippen LogP contribution is -2.01. The van der Waals surface area contributed by atoms with E-state index in [1.807, 2.05) is 80.6 Å². The summed E-state index contributed by atoms with van der Waals surface area (Å²) in [4.78, 5) is 3.30. The Kier molecular flexibility index (Phi) is 6.55. The van der Waals surface area contributed by atoms with Crippen molar-refractivity contribution in [3.05, 3.63) is 109 Å². The molecule has 0 spiro atoms. The molecule has 0 fully saturated rings. The van der Waals surface area contributed by atoms with E-state index in [0.29, 0.717) is 6.42 Å². The molecule has 33 heavy (non-hydrogen) atoms. The van der Waals surface area contributed by atoms with Crippen LogP contribution >= 0.6 is 0 Å². The highest BCUT2D eigenvalue weighted by Gasteiger charge is 2.08. The summed E-state index contributed by atoms with van der Waals surface area (Å²) in [6.07, 6.45) is 12.4. The molecule has 0 aliphatic heterocycles. The minimum Gasteiger partial charge on any atom is -0.155 e. The normalized spacial score (nSPS) is 13.6. The van der Waals surface area contributed by atoms with Gasteiger partial charge in [0.25, 0.3) is 0 Å². The lowest BCUT2D eigenvalue weighted by Gasteiger charge is -2.08. The number of nitrogens with zero attached hydrogens (tertiary/aromatic N) is 6. The maximum absolute atomic E-state index is 4.59. The van der Waals surface area contributed by atoms with Crippen LogP contribution in [0.4, 0.5) is 0 Å². The van der Waals surface area contributed by atoms with Crippen molar-refractivity contribution in [1.82, 2.24) is 30.0 Å². The van der Waals surface area contributed by atoms with Crippen molar-refractivity contribution in [2.24, 2.45) is 0 Å². The quantitative estimate of drug-likeness (QED) is 0.309. The predicted molar refractivity (Wildman–Crippen MR) is 136 cm³/mol. The van der Waals surface area contributed by atoms with Crippen molar-refractivity contribution < 1.29 is 0 Å². The molecule has 0 aliphatic rings. The Morgan fingerprint density at radius 1 is 0.788 bits per heavy atom. The molecule has 6 nitrogen and oxygen atoms in total. The molecule has 0 saturated heterocycles. The highest BCUT2D eigenvalue weighted by Crippen LogP contribution is 2.21. The van der Waals surface area contributed by atoms with Gasteiger partial charge < -0.3 is 0 Å². The molecule has 0 saturated carbocycles. The average Bonchev–Trinajstić information content (AvgIpc) is 3.46. The second kappa shape index (κ2) is 9.87. The van der Waals surface area contributed by atoms with Crippen LogP contribution in [0, 0.1) is 0 Å². The second-order valence-corrected chi connectivity index (χ2v) is 7.53. The van der Waals surface area contributed by atoms with Gasteiger partial charge in [-0.05, 0) is 73.9 Å². The third kappa shape index (κ3) is 4.96. The van der Waals surface area contributed by atoms with Crippen LogP contribution in [0.25, 0.3) is 33.5 Å². The molecule has 0 unspecified atom stereocenters. The molecule has 2 aromatic heterocycles. The van der Waals surface area contributed by atoms with Gasteiger partial charge in [-0.15, -0.1) is 20.4 Å². The summed E-state index contributed by atoms with van der Waals surface area (Å²) in [7, 11) is 0. The van der Waals surface area contributed by atoms with E-state index in [2.05, 4.69) is 45.7 Å². The lowest BCUT2D eigenvalue weighted by atomic mass is 10.0. The maximum Gasteiger partial charge on any atom is 0.113 e. The highest BCUT2D eigenvalue weighted by atomic mass is 15.5. The summed E-state index contributed by atoms with van der Waals surface area (Å²) in [5.74, 6) is 0. The molecule has 0 N–H and O–H groups in total. The van der Waals surface area contributed by atoms with Gasteiger partial charge in [-0.25, -0.2) is 0 Å². The van der Waals surface area contributed by atoms with Crippen LogP contribution in [0.15, 0.2) is 109 Å². The zero-order valence-corrected chi connectivity index (χ0v) is 18.9. The first-order chi connectivity index (χ1) is 16.1. The van der Waals surface area contributed by atoms with Gasteiger partial charge in [0.15, 0.2) is 0 Å². The van der Waals surface area contributed by atoms with Crippen LogP contribution in [0.2, 0.25) is 0 Å². The number of benzene rings is 2. The Hall–Kier alpha value is -4.32. The smallest absolute Gasteiger partial charge is 0.113 e. The van der Waals surface area contributed by atoms with Gasteiger partial charge in [0.2, 0.25) is 0 Å². The van der Waals surface area contributed by atoms with E-state index in [0.717, 1.165) is 44.6 Å². The highest BCUT2D eigenvalue weighted by molar-refractivity contribution is 5.75. The van der Waals surface area contributed by atoms with Crippen molar-refractivity contribution >= 4 is 33.5 Å². The number of rotatable bonds is 8. The van der Waals surface area contributed by atoms with Crippen molar-refractivity contribution in [2.45, 2.75) is 20.3 Å². The third-order valence-electron chi connectivity index (χ3n) is 5.18. The van der Waals surface area contributed by atoms with Crippen molar-refractivity contribution in [3.63, 3.8) is 0 Å².